The van der Waals surface area contributed by atoms with Gasteiger partial charge in [-0.25, -0.2) is 4.39 Å². The molecule has 0 spiro atoms. The lowest BCUT2D eigenvalue weighted by Crippen LogP contribution is -2.29. The highest BCUT2D eigenvalue weighted by Gasteiger charge is 2.13. The molecule has 0 saturated carbocycles. The van der Waals surface area contributed by atoms with Gasteiger partial charge in [-0.05, 0) is 38.4 Å². The predicted molar refractivity (Wildman–Crippen MR) is 60.3 cm³/mol. The molecule has 0 N–H and O–H groups in total. The fraction of sp³-hybridized carbons (Fsp3) is 0.538. The monoisotopic (exact) mass is 207 g/mol. The van der Waals surface area contributed by atoms with Gasteiger partial charge in [0.2, 0.25) is 0 Å². The normalized spacial score (nSPS) is 18.0. The molecule has 1 heterocycles. The van der Waals surface area contributed by atoms with E-state index >= 15 is 0 Å². The molecule has 0 aliphatic carbocycles. The van der Waals surface area contributed by atoms with Crippen LogP contribution in [0.2, 0.25) is 0 Å². The van der Waals surface area contributed by atoms with Crippen LogP contribution in [0.15, 0.2) is 18.2 Å². The van der Waals surface area contributed by atoms with Crippen molar-refractivity contribution in [3.8, 4) is 0 Å². The number of nitrogens with zero attached hydrogens (tertiary/aromatic N) is 1. The van der Waals surface area contributed by atoms with Crippen molar-refractivity contribution in [1.29, 1.82) is 0 Å². The van der Waals surface area contributed by atoms with Crippen LogP contribution in [0.3, 0.4) is 0 Å². The molecule has 1 aromatic carbocycles. The second-order valence-electron chi connectivity index (χ2n) is 4.38. The summed E-state index contributed by atoms with van der Waals surface area (Å²) in [5, 5.41) is 0. The highest BCUT2D eigenvalue weighted by molar-refractivity contribution is 5.24. The molecule has 0 atom stereocenters. The van der Waals surface area contributed by atoms with Crippen LogP contribution in [0.4, 0.5) is 4.39 Å². The van der Waals surface area contributed by atoms with Crippen LogP contribution < -0.4 is 0 Å². The molecule has 1 aromatic rings. The van der Waals surface area contributed by atoms with E-state index in [2.05, 4.69) is 4.90 Å². The first-order valence-electron chi connectivity index (χ1n) is 5.74. The van der Waals surface area contributed by atoms with Crippen molar-refractivity contribution in [1.82, 2.24) is 4.90 Å². The Hall–Kier alpha value is -0.890. The largest absolute Gasteiger partial charge is 0.299 e. The molecule has 82 valence electrons. The zero-order valence-electron chi connectivity index (χ0n) is 9.30. The number of hydrogen-bond donors (Lipinski definition) is 0. The molecule has 1 fully saturated rings. The van der Waals surface area contributed by atoms with E-state index in [4.69, 9.17) is 0 Å². The summed E-state index contributed by atoms with van der Waals surface area (Å²) in [4.78, 5) is 2.35. The Labute approximate surface area is 90.9 Å². The minimum atomic E-state index is -0.0249. The van der Waals surface area contributed by atoms with Gasteiger partial charge in [0.25, 0.3) is 0 Å². The third-order valence-electron chi connectivity index (χ3n) is 3.11. The zero-order chi connectivity index (χ0) is 10.7. The number of piperidine rings is 1. The standard InChI is InChI=1S/C13H18FN/c1-11-6-5-7-12(13(11)14)10-15-8-3-2-4-9-15/h5-7H,2-4,8-10H2,1H3. The van der Waals surface area contributed by atoms with Gasteiger partial charge in [0.05, 0.1) is 0 Å². The smallest absolute Gasteiger partial charge is 0.130 e. The minimum Gasteiger partial charge on any atom is -0.299 e. The van der Waals surface area contributed by atoms with Gasteiger partial charge in [0, 0.05) is 12.1 Å². The SMILES string of the molecule is Cc1cccc(CN2CCCCC2)c1F. The lowest BCUT2D eigenvalue weighted by molar-refractivity contribution is 0.218. The fourth-order valence-electron chi connectivity index (χ4n) is 2.19. The van der Waals surface area contributed by atoms with Crippen LogP contribution in [-0.2, 0) is 6.54 Å². The maximum Gasteiger partial charge on any atom is 0.130 e. The van der Waals surface area contributed by atoms with E-state index in [1.54, 1.807) is 0 Å². The fourth-order valence-corrected chi connectivity index (χ4v) is 2.19. The summed E-state index contributed by atoms with van der Waals surface area (Å²) >= 11 is 0. The lowest BCUT2D eigenvalue weighted by Gasteiger charge is -2.26. The third-order valence-corrected chi connectivity index (χ3v) is 3.11. The summed E-state index contributed by atoms with van der Waals surface area (Å²) in [6.45, 7) is 4.84. The van der Waals surface area contributed by atoms with E-state index in [-0.39, 0.29) is 5.82 Å². The molecule has 0 amide bonds. The Morgan fingerprint density at radius 1 is 1.20 bits per heavy atom. The first-order chi connectivity index (χ1) is 7.27. The lowest BCUT2D eigenvalue weighted by atomic mass is 10.1. The van der Waals surface area contributed by atoms with Crippen LogP contribution in [0.25, 0.3) is 0 Å². The van der Waals surface area contributed by atoms with Crippen molar-refractivity contribution >= 4 is 0 Å². The summed E-state index contributed by atoms with van der Waals surface area (Å²) in [7, 11) is 0. The Morgan fingerprint density at radius 3 is 2.67 bits per heavy atom. The summed E-state index contributed by atoms with van der Waals surface area (Å²) in [6, 6.07) is 5.67. The van der Waals surface area contributed by atoms with E-state index in [9.17, 15) is 4.39 Å². The number of aryl methyl sites for hydroxylation is 1. The number of benzene rings is 1. The quantitative estimate of drug-likeness (QED) is 0.720. The van der Waals surface area contributed by atoms with Gasteiger partial charge in [-0.15, -0.1) is 0 Å². The molecular weight excluding hydrogens is 189 g/mol. The number of halogens is 1. The Kier molecular flexibility index (Phi) is 3.37. The van der Waals surface area contributed by atoms with Gasteiger partial charge < -0.3 is 0 Å². The molecule has 2 heteroatoms. The second-order valence-corrected chi connectivity index (χ2v) is 4.38. The molecule has 0 radical (unpaired) electrons. The molecule has 1 saturated heterocycles. The third kappa shape index (κ3) is 2.57. The van der Waals surface area contributed by atoms with E-state index < -0.39 is 0 Å². The molecule has 0 aromatic heterocycles. The van der Waals surface area contributed by atoms with Crippen molar-refractivity contribution in [3.05, 3.63) is 35.1 Å². The molecule has 1 aliphatic rings. The van der Waals surface area contributed by atoms with Crippen molar-refractivity contribution in [3.63, 3.8) is 0 Å². The van der Waals surface area contributed by atoms with Gasteiger partial charge >= 0.3 is 0 Å². The topological polar surface area (TPSA) is 3.24 Å². The van der Waals surface area contributed by atoms with E-state index in [1.807, 2.05) is 25.1 Å². The number of hydrogen-bond acceptors (Lipinski definition) is 1. The molecular formula is C13H18FN. The van der Waals surface area contributed by atoms with Gasteiger partial charge in [0.1, 0.15) is 5.82 Å². The van der Waals surface area contributed by atoms with Crippen molar-refractivity contribution in [2.75, 3.05) is 13.1 Å². The minimum absolute atomic E-state index is 0.0249. The summed E-state index contributed by atoms with van der Waals surface area (Å²) in [6.07, 6.45) is 3.84. The maximum atomic E-state index is 13.7. The summed E-state index contributed by atoms with van der Waals surface area (Å²) in [5.74, 6) is -0.0249. The second kappa shape index (κ2) is 4.75. The van der Waals surface area contributed by atoms with Crippen molar-refractivity contribution < 1.29 is 4.39 Å². The average Bonchev–Trinajstić information content (AvgIpc) is 2.26. The Bertz CT molecular complexity index is 329. The van der Waals surface area contributed by atoms with Crippen LogP contribution in [0.1, 0.15) is 30.4 Å². The summed E-state index contributed by atoms with van der Waals surface area (Å²) < 4.78 is 13.7. The molecule has 15 heavy (non-hydrogen) atoms. The highest BCUT2D eigenvalue weighted by atomic mass is 19.1. The number of likely N-dealkylation sites (tertiary alicyclic amines) is 1. The zero-order valence-corrected chi connectivity index (χ0v) is 9.30. The van der Waals surface area contributed by atoms with Crippen LogP contribution in [0, 0.1) is 12.7 Å². The predicted octanol–water partition coefficient (Wildman–Crippen LogP) is 3.12. The molecule has 2 rings (SSSR count). The Balaban J connectivity index is 2.06. The van der Waals surface area contributed by atoms with Gasteiger partial charge in [-0.2, -0.15) is 0 Å². The van der Waals surface area contributed by atoms with Gasteiger partial charge in [-0.3, -0.25) is 4.90 Å². The molecule has 1 aliphatic heterocycles. The highest BCUT2D eigenvalue weighted by Crippen LogP contribution is 2.17. The van der Waals surface area contributed by atoms with Crippen molar-refractivity contribution in [2.45, 2.75) is 32.7 Å². The summed E-state index contributed by atoms with van der Waals surface area (Å²) in [5.41, 5.74) is 1.60. The first kappa shape index (κ1) is 10.6. The number of rotatable bonds is 2. The van der Waals surface area contributed by atoms with E-state index in [1.165, 1.54) is 19.3 Å². The molecule has 0 bridgehead atoms. The van der Waals surface area contributed by atoms with E-state index in [0.717, 1.165) is 30.8 Å². The van der Waals surface area contributed by atoms with Crippen LogP contribution in [-0.4, -0.2) is 18.0 Å². The Morgan fingerprint density at radius 2 is 1.93 bits per heavy atom. The van der Waals surface area contributed by atoms with Gasteiger partial charge in [-0.1, -0.05) is 24.6 Å². The van der Waals surface area contributed by atoms with Crippen LogP contribution >= 0.6 is 0 Å². The molecule has 0 unspecified atom stereocenters. The van der Waals surface area contributed by atoms with Crippen molar-refractivity contribution in [2.24, 2.45) is 0 Å². The maximum absolute atomic E-state index is 13.7. The van der Waals surface area contributed by atoms with Crippen LogP contribution in [0.5, 0.6) is 0 Å². The average molecular weight is 207 g/mol. The first-order valence-corrected chi connectivity index (χ1v) is 5.74. The molecule has 1 nitrogen and oxygen atoms in total. The van der Waals surface area contributed by atoms with Gasteiger partial charge in [0.15, 0.2) is 0 Å². The van der Waals surface area contributed by atoms with E-state index in [0.29, 0.717) is 0 Å².